The van der Waals surface area contributed by atoms with E-state index in [1.54, 1.807) is 24.3 Å². The van der Waals surface area contributed by atoms with E-state index in [0.717, 1.165) is 0 Å². The van der Waals surface area contributed by atoms with Crippen molar-refractivity contribution in [1.82, 2.24) is 10.3 Å². The number of anilines is 2. The van der Waals surface area contributed by atoms with E-state index >= 15 is 0 Å². The van der Waals surface area contributed by atoms with E-state index in [4.69, 9.17) is 4.74 Å². The number of ether oxygens (including phenoxy) is 1. The minimum Gasteiger partial charge on any atom is -0.486 e. The Balaban J connectivity index is 1.56. The van der Waals surface area contributed by atoms with Crippen LogP contribution in [0.4, 0.5) is 15.6 Å². The lowest BCUT2D eigenvalue weighted by Gasteiger charge is -2.20. The highest BCUT2D eigenvalue weighted by atomic mass is 32.1. The number of nitrogens with one attached hydrogen (secondary N) is 3. The molecule has 8 nitrogen and oxygen atoms in total. The number of carbonyl (C=O) groups is 2. The number of aliphatic hydroxyl groups is 1. The van der Waals surface area contributed by atoms with Crippen LogP contribution in [0.15, 0.2) is 30.5 Å². The normalized spacial score (nSPS) is 18.7. The fourth-order valence-corrected chi connectivity index (χ4v) is 3.09. The Morgan fingerprint density at radius 1 is 1.46 bits per heavy atom. The third kappa shape index (κ3) is 3.03. The summed E-state index contributed by atoms with van der Waals surface area (Å²) in [7, 11) is 1.52. The molecule has 4 N–H and O–H groups in total. The second kappa shape index (κ2) is 6.46. The first-order valence-corrected chi connectivity index (χ1v) is 8.02. The monoisotopic (exact) mass is 348 g/mol. The zero-order chi connectivity index (χ0) is 17.2. The molecule has 24 heavy (non-hydrogen) atoms. The maximum Gasteiger partial charge on any atom is 0.321 e. The summed E-state index contributed by atoms with van der Waals surface area (Å²) in [6.07, 6.45) is 1.56. The van der Waals surface area contributed by atoms with Crippen molar-refractivity contribution in [2.45, 2.75) is 12.0 Å². The van der Waals surface area contributed by atoms with E-state index < -0.39 is 17.5 Å². The number of para-hydroxylation sites is 1. The lowest BCUT2D eigenvalue weighted by Crippen LogP contribution is -2.39. The van der Waals surface area contributed by atoms with E-state index in [9.17, 15) is 14.7 Å². The fraction of sp³-hybridized carbons (Fsp3) is 0.267. The van der Waals surface area contributed by atoms with Gasteiger partial charge in [0.15, 0.2) is 15.8 Å². The summed E-state index contributed by atoms with van der Waals surface area (Å²) in [5, 5.41) is 19.4. The van der Waals surface area contributed by atoms with Gasteiger partial charge in [-0.1, -0.05) is 29.5 Å². The summed E-state index contributed by atoms with van der Waals surface area (Å²) in [5.41, 5.74) is -0.542. The highest BCUT2D eigenvalue weighted by Crippen LogP contribution is 2.37. The molecule has 3 rings (SSSR count). The first-order chi connectivity index (χ1) is 11.5. The molecule has 0 bridgehead atoms. The Bertz CT molecular complexity index is 778. The number of carbonyl (C=O) groups excluding carboxylic acids is 2. The molecule has 1 atom stereocenters. The molecule has 1 unspecified atom stereocenters. The van der Waals surface area contributed by atoms with Gasteiger partial charge in [0.1, 0.15) is 0 Å². The number of hydrogen-bond donors (Lipinski definition) is 4. The quantitative estimate of drug-likeness (QED) is 0.654. The van der Waals surface area contributed by atoms with E-state index in [0.29, 0.717) is 21.4 Å². The van der Waals surface area contributed by atoms with E-state index in [-0.39, 0.29) is 13.0 Å². The van der Waals surface area contributed by atoms with Crippen LogP contribution in [0.5, 0.6) is 5.06 Å². The van der Waals surface area contributed by atoms with E-state index in [1.807, 2.05) is 0 Å². The van der Waals surface area contributed by atoms with Crippen molar-refractivity contribution in [3.8, 4) is 5.06 Å². The number of benzene rings is 1. The number of thiazole rings is 1. The molecule has 1 aliphatic heterocycles. The second-order valence-electron chi connectivity index (χ2n) is 5.18. The summed E-state index contributed by atoms with van der Waals surface area (Å²) < 4.78 is 4.99. The van der Waals surface area contributed by atoms with Gasteiger partial charge in [-0.2, -0.15) is 0 Å². The number of nitrogens with zero attached hydrogens (tertiary/aromatic N) is 1. The molecule has 9 heteroatoms. The van der Waals surface area contributed by atoms with Crippen molar-refractivity contribution in [2.75, 3.05) is 24.3 Å². The zero-order valence-electron chi connectivity index (χ0n) is 12.8. The lowest BCUT2D eigenvalue weighted by atomic mass is 9.92. The average Bonchev–Trinajstić information content (AvgIpc) is 3.11. The van der Waals surface area contributed by atoms with Crippen molar-refractivity contribution in [1.29, 1.82) is 0 Å². The topological polar surface area (TPSA) is 113 Å². The van der Waals surface area contributed by atoms with Crippen molar-refractivity contribution < 1.29 is 19.4 Å². The highest BCUT2D eigenvalue weighted by molar-refractivity contribution is 7.17. The van der Waals surface area contributed by atoms with Gasteiger partial charge in [-0.05, 0) is 6.07 Å². The predicted molar refractivity (Wildman–Crippen MR) is 89.3 cm³/mol. The van der Waals surface area contributed by atoms with Crippen LogP contribution in [0, 0.1) is 0 Å². The molecule has 0 saturated heterocycles. The van der Waals surface area contributed by atoms with Gasteiger partial charge < -0.3 is 20.5 Å². The minimum atomic E-state index is -1.64. The Hall–Kier alpha value is -2.65. The third-order valence-corrected chi connectivity index (χ3v) is 4.55. The fourth-order valence-electron chi connectivity index (χ4n) is 2.46. The molecule has 0 spiro atoms. The first-order valence-electron chi connectivity index (χ1n) is 7.21. The van der Waals surface area contributed by atoms with Crippen LogP contribution in [-0.4, -0.2) is 35.7 Å². The largest absolute Gasteiger partial charge is 0.486 e. The predicted octanol–water partition coefficient (Wildman–Crippen LogP) is 1.50. The van der Waals surface area contributed by atoms with Gasteiger partial charge >= 0.3 is 6.03 Å². The molecule has 0 saturated carbocycles. The third-order valence-electron chi connectivity index (χ3n) is 3.67. The second-order valence-corrected chi connectivity index (χ2v) is 6.17. The maximum absolute atomic E-state index is 12.0. The molecule has 0 fully saturated rings. The summed E-state index contributed by atoms with van der Waals surface area (Å²) in [5.74, 6) is -0.490. The molecule has 1 aliphatic rings. The van der Waals surface area contributed by atoms with Crippen molar-refractivity contribution in [2.24, 2.45) is 0 Å². The van der Waals surface area contributed by atoms with Crippen molar-refractivity contribution >= 4 is 34.1 Å². The number of aromatic nitrogens is 1. The summed E-state index contributed by atoms with van der Waals surface area (Å²) in [6.45, 7) is 0.118. The smallest absolute Gasteiger partial charge is 0.321 e. The molecule has 2 aromatic rings. The van der Waals surface area contributed by atoms with Crippen LogP contribution in [0.1, 0.15) is 12.0 Å². The number of urea groups is 1. The number of fused-ring (bicyclic) bond motifs is 1. The first kappa shape index (κ1) is 16.2. The van der Waals surface area contributed by atoms with Gasteiger partial charge in [0.05, 0.1) is 13.3 Å². The minimum absolute atomic E-state index is 0.0600. The summed E-state index contributed by atoms with van der Waals surface area (Å²) in [4.78, 5) is 27.9. The van der Waals surface area contributed by atoms with Gasteiger partial charge in [0, 0.05) is 24.2 Å². The van der Waals surface area contributed by atoms with Gasteiger partial charge in [0.2, 0.25) is 0 Å². The van der Waals surface area contributed by atoms with Crippen molar-refractivity contribution in [3.05, 3.63) is 36.0 Å². The lowest BCUT2D eigenvalue weighted by molar-refractivity contribution is -0.134. The highest BCUT2D eigenvalue weighted by Gasteiger charge is 2.44. The zero-order valence-corrected chi connectivity index (χ0v) is 13.6. The molecular weight excluding hydrogens is 332 g/mol. The number of hydrogen-bond acceptors (Lipinski definition) is 6. The molecule has 0 aliphatic carbocycles. The number of amides is 3. The van der Waals surface area contributed by atoms with E-state index in [1.165, 1.54) is 24.6 Å². The van der Waals surface area contributed by atoms with E-state index in [2.05, 4.69) is 20.9 Å². The van der Waals surface area contributed by atoms with Crippen LogP contribution in [0.3, 0.4) is 0 Å². The Morgan fingerprint density at radius 3 is 3.00 bits per heavy atom. The molecule has 3 amide bonds. The molecule has 1 aromatic heterocycles. The molecule has 1 aromatic carbocycles. The number of methoxy groups -OCH3 is 1. The van der Waals surface area contributed by atoms with Gasteiger partial charge in [-0.15, -0.1) is 0 Å². The summed E-state index contributed by atoms with van der Waals surface area (Å²) in [6, 6.07) is 6.47. The van der Waals surface area contributed by atoms with Gasteiger partial charge in [-0.25, -0.2) is 9.78 Å². The number of rotatable bonds is 5. The molecule has 126 valence electrons. The Morgan fingerprint density at radius 2 is 2.25 bits per heavy atom. The maximum atomic E-state index is 12.0. The SMILES string of the molecule is COc1cnc(NC(=O)NCCC2(O)C(=O)Nc3ccccc32)s1. The van der Waals surface area contributed by atoms with Crippen LogP contribution < -0.4 is 20.7 Å². The Kier molecular flexibility index (Phi) is 4.36. The van der Waals surface area contributed by atoms with Crippen LogP contribution in [0.25, 0.3) is 0 Å². The standard InChI is InChI=1S/C15H16N4O4S/c1-23-11-8-17-14(24-11)19-13(21)16-7-6-15(22)9-4-2-3-5-10(9)18-12(15)20/h2-5,8,22H,6-7H2,1H3,(H,18,20)(H2,16,17,19,21). The summed E-state index contributed by atoms with van der Waals surface area (Å²) >= 11 is 1.19. The van der Waals surface area contributed by atoms with Crippen LogP contribution in [-0.2, 0) is 10.4 Å². The molecular formula is C15H16N4O4S. The van der Waals surface area contributed by atoms with Gasteiger partial charge in [-0.3, -0.25) is 10.1 Å². The Labute approximate surface area is 141 Å². The molecule has 2 heterocycles. The van der Waals surface area contributed by atoms with Crippen molar-refractivity contribution in [3.63, 3.8) is 0 Å². The average molecular weight is 348 g/mol. The van der Waals surface area contributed by atoms with Gasteiger partial charge in [0.25, 0.3) is 5.91 Å². The molecule has 0 radical (unpaired) electrons. The van der Waals surface area contributed by atoms with Crippen LogP contribution >= 0.6 is 11.3 Å². The van der Waals surface area contributed by atoms with Crippen LogP contribution in [0.2, 0.25) is 0 Å².